The largest absolute Gasteiger partial charge is 0.462 e. The zero-order valence-electron chi connectivity index (χ0n) is 12.5. The molecule has 0 radical (unpaired) electrons. The van der Waals surface area contributed by atoms with Gasteiger partial charge < -0.3 is 25.2 Å². The van der Waals surface area contributed by atoms with Crippen molar-refractivity contribution in [1.29, 1.82) is 0 Å². The molecule has 118 valence electrons. The molecule has 1 fully saturated rings. The molecule has 1 aliphatic heterocycles. The van der Waals surface area contributed by atoms with Gasteiger partial charge in [-0.25, -0.2) is 4.79 Å². The van der Waals surface area contributed by atoms with Crippen molar-refractivity contribution >= 4 is 28.3 Å². The first-order chi connectivity index (χ1) is 9.88. The van der Waals surface area contributed by atoms with Gasteiger partial charge in [-0.1, -0.05) is 0 Å². The van der Waals surface area contributed by atoms with Gasteiger partial charge in [-0.2, -0.15) is 4.37 Å². The van der Waals surface area contributed by atoms with Crippen LogP contribution in [0.4, 0.5) is 10.8 Å². The lowest BCUT2D eigenvalue weighted by Gasteiger charge is -2.42. The van der Waals surface area contributed by atoms with Crippen LogP contribution in [0.1, 0.15) is 31.1 Å². The van der Waals surface area contributed by atoms with Crippen LogP contribution in [0.2, 0.25) is 0 Å². The van der Waals surface area contributed by atoms with E-state index in [-0.39, 0.29) is 25.1 Å². The van der Waals surface area contributed by atoms with Crippen molar-refractivity contribution in [3.8, 4) is 0 Å². The fourth-order valence-corrected chi connectivity index (χ4v) is 3.26. The van der Waals surface area contributed by atoms with E-state index >= 15 is 0 Å². The summed E-state index contributed by atoms with van der Waals surface area (Å²) in [7, 11) is 0. The first kappa shape index (κ1) is 16.0. The molecule has 0 aliphatic carbocycles. The molecule has 0 amide bonds. The first-order valence-corrected chi connectivity index (χ1v) is 7.61. The van der Waals surface area contributed by atoms with E-state index in [2.05, 4.69) is 4.37 Å². The number of nitrogen functional groups attached to an aromatic ring is 1. The number of esters is 1. The maximum absolute atomic E-state index is 12.1. The molecule has 1 aromatic rings. The van der Waals surface area contributed by atoms with Crippen LogP contribution in [-0.2, 0) is 9.47 Å². The highest BCUT2D eigenvalue weighted by Crippen LogP contribution is 2.35. The molecular formula is C13H21N3O4S. The van der Waals surface area contributed by atoms with Crippen molar-refractivity contribution < 1.29 is 19.4 Å². The third-order valence-electron chi connectivity index (χ3n) is 3.15. The van der Waals surface area contributed by atoms with Crippen LogP contribution >= 0.6 is 11.5 Å². The van der Waals surface area contributed by atoms with Crippen LogP contribution in [-0.4, -0.2) is 53.5 Å². The summed E-state index contributed by atoms with van der Waals surface area (Å²) >= 11 is 1.16. The van der Waals surface area contributed by atoms with Crippen molar-refractivity contribution in [2.75, 3.05) is 36.9 Å². The molecule has 0 aromatic carbocycles. The molecule has 1 aromatic heterocycles. The van der Waals surface area contributed by atoms with Crippen LogP contribution in [0.15, 0.2) is 0 Å². The number of morpholine rings is 1. The number of aliphatic hydroxyl groups excluding tert-OH is 1. The number of hydrogen-bond donors (Lipinski definition) is 2. The minimum absolute atomic E-state index is 0.0804. The second-order valence-corrected chi connectivity index (χ2v) is 6.28. The van der Waals surface area contributed by atoms with E-state index in [4.69, 9.17) is 15.2 Å². The first-order valence-electron chi connectivity index (χ1n) is 6.84. The third-order valence-corrected chi connectivity index (χ3v) is 4.08. The maximum atomic E-state index is 12.1. The predicted molar refractivity (Wildman–Crippen MR) is 80.7 cm³/mol. The molecule has 2 rings (SSSR count). The molecule has 3 N–H and O–H groups in total. The number of nitrogens with two attached hydrogens (primary N) is 1. The Morgan fingerprint density at radius 2 is 2.38 bits per heavy atom. The predicted octanol–water partition coefficient (Wildman–Crippen LogP) is 0.878. The quantitative estimate of drug-likeness (QED) is 0.796. The van der Waals surface area contributed by atoms with Crippen molar-refractivity contribution in [3.05, 3.63) is 5.56 Å². The zero-order chi connectivity index (χ0) is 15.6. The van der Waals surface area contributed by atoms with Gasteiger partial charge in [0.05, 0.1) is 24.9 Å². The summed E-state index contributed by atoms with van der Waals surface area (Å²) in [6, 6.07) is 0. The molecule has 1 saturated heterocycles. The number of carbonyl (C=O) groups is 1. The van der Waals surface area contributed by atoms with Gasteiger partial charge >= 0.3 is 5.97 Å². The Balaban J connectivity index is 2.31. The Morgan fingerprint density at radius 3 is 3.00 bits per heavy atom. The summed E-state index contributed by atoms with van der Waals surface area (Å²) in [6.45, 7) is 6.88. The standard InChI is InChI=1S/C13H21N3O4S/c1-4-19-12(18)9-10(14)15-21-11(9)16-5-8(6-17)20-13(2,3)7-16/h8,17H,4-7H2,1-3H3,(H2,14,15). The molecule has 1 atom stereocenters. The Morgan fingerprint density at radius 1 is 1.67 bits per heavy atom. The number of rotatable bonds is 4. The SMILES string of the molecule is CCOC(=O)c1c(N)nsc1N1CC(CO)OC(C)(C)C1. The number of aromatic nitrogens is 1. The summed E-state index contributed by atoms with van der Waals surface area (Å²) in [6.07, 6.45) is -0.313. The fraction of sp³-hybridized carbons (Fsp3) is 0.692. The fourth-order valence-electron chi connectivity index (χ4n) is 2.45. The van der Waals surface area contributed by atoms with Gasteiger partial charge in [0.15, 0.2) is 5.82 Å². The minimum Gasteiger partial charge on any atom is -0.462 e. The summed E-state index contributed by atoms with van der Waals surface area (Å²) in [4.78, 5) is 14.0. The lowest BCUT2D eigenvalue weighted by molar-refractivity contribution is -0.100. The van der Waals surface area contributed by atoms with Crippen LogP contribution in [0.5, 0.6) is 0 Å². The average Bonchev–Trinajstić information content (AvgIpc) is 2.79. The molecule has 1 unspecified atom stereocenters. The van der Waals surface area contributed by atoms with E-state index in [0.717, 1.165) is 11.5 Å². The van der Waals surface area contributed by atoms with Gasteiger partial charge in [-0.3, -0.25) is 0 Å². The van der Waals surface area contributed by atoms with Gasteiger partial charge in [-0.05, 0) is 32.3 Å². The number of nitrogens with zero attached hydrogens (tertiary/aromatic N) is 2. The topological polar surface area (TPSA) is 97.9 Å². The molecule has 7 nitrogen and oxygen atoms in total. The van der Waals surface area contributed by atoms with Crippen LogP contribution in [0, 0.1) is 0 Å². The van der Waals surface area contributed by atoms with Crippen molar-refractivity contribution in [1.82, 2.24) is 4.37 Å². The molecule has 21 heavy (non-hydrogen) atoms. The molecule has 0 saturated carbocycles. The van der Waals surface area contributed by atoms with Crippen molar-refractivity contribution in [2.45, 2.75) is 32.5 Å². The van der Waals surface area contributed by atoms with E-state index in [1.54, 1.807) is 6.92 Å². The van der Waals surface area contributed by atoms with Gasteiger partial charge in [0.1, 0.15) is 10.6 Å². The second-order valence-electron chi connectivity index (χ2n) is 5.53. The monoisotopic (exact) mass is 315 g/mol. The van der Waals surface area contributed by atoms with Crippen LogP contribution < -0.4 is 10.6 Å². The molecule has 0 spiro atoms. The highest BCUT2D eigenvalue weighted by molar-refractivity contribution is 7.11. The van der Waals surface area contributed by atoms with Gasteiger partial charge in [0.2, 0.25) is 0 Å². The van der Waals surface area contributed by atoms with E-state index in [0.29, 0.717) is 23.7 Å². The second kappa shape index (κ2) is 6.17. The highest BCUT2D eigenvalue weighted by Gasteiger charge is 2.36. The average molecular weight is 315 g/mol. The number of carbonyl (C=O) groups excluding carboxylic acids is 1. The molecule has 8 heteroatoms. The summed E-state index contributed by atoms with van der Waals surface area (Å²) < 4.78 is 14.9. The van der Waals surface area contributed by atoms with Gasteiger partial charge in [0, 0.05) is 13.1 Å². The summed E-state index contributed by atoms with van der Waals surface area (Å²) in [5, 5.41) is 10.0. The normalized spacial score (nSPS) is 21.3. The molecule has 0 bridgehead atoms. The van der Waals surface area contributed by atoms with Crippen LogP contribution in [0.3, 0.4) is 0 Å². The molecular weight excluding hydrogens is 294 g/mol. The summed E-state index contributed by atoms with van der Waals surface area (Å²) in [5.74, 6) is -0.290. The van der Waals surface area contributed by atoms with Crippen LogP contribution in [0.25, 0.3) is 0 Å². The Bertz CT molecular complexity index is 518. The summed E-state index contributed by atoms with van der Waals surface area (Å²) in [5.41, 5.74) is 5.67. The maximum Gasteiger partial charge on any atom is 0.345 e. The lowest BCUT2D eigenvalue weighted by atomic mass is 10.1. The number of hydrogen-bond acceptors (Lipinski definition) is 8. The Labute approximate surface area is 127 Å². The van der Waals surface area contributed by atoms with Crippen molar-refractivity contribution in [3.63, 3.8) is 0 Å². The van der Waals surface area contributed by atoms with E-state index in [1.807, 2.05) is 18.7 Å². The van der Waals surface area contributed by atoms with E-state index < -0.39 is 11.6 Å². The molecule has 1 aliphatic rings. The van der Waals surface area contributed by atoms with E-state index in [9.17, 15) is 9.90 Å². The van der Waals surface area contributed by atoms with Gasteiger partial charge in [-0.15, -0.1) is 0 Å². The third kappa shape index (κ3) is 3.45. The Hall–Kier alpha value is -1.38. The van der Waals surface area contributed by atoms with E-state index in [1.165, 1.54) is 0 Å². The Kier molecular flexibility index (Phi) is 4.70. The highest BCUT2D eigenvalue weighted by atomic mass is 32.1. The number of aliphatic hydroxyl groups is 1. The molecule has 2 heterocycles. The van der Waals surface area contributed by atoms with Gasteiger partial charge in [0.25, 0.3) is 0 Å². The number of anilines is 2. The number of ether oxygens (including phenoxy) is 2. The van der Waals surface area contributed by atoms with Crippen molar-refractivity contribution in [2.24, 2.45) is 0 Å². The smallest absolute Gasteiger partial charge is 0.345 e. The zero-order valence-corrected chi connectivity index (χ0v) is 13.3. The lowest BCUT2D eigenvalue weighted by Crippen LogP contribution is -2.54. The minimum atomic E-state index is -0.469.